The van der Waals surface area contributed by atoms with E-state index in [0.717, 1.165) is 12.1 Å². The molecular weight excluding hydrogens is 353 g/mol. The molecule has 1 aliphatic rings. The van der Waals surface area contributed by atoms with Crippen molar-refractivity contribution in [2.75, 3.05) is 22.9 Å². The van der Waals surface area contributed by atoms with Crippen LogP contribution in [0.4, 0.5) is 29.3 Å². The summed E-state index contributed by atoms with van der Waals surface area (Å²) < 4.78 is 38.9. The van der Waals surface area contributed by atoms with E-state index in [-0.39, 0.29) is 18.8 Å². The van der Waals surface area contributed by atoms with Gasteiger partial charge in [-0.1, -0.05) is 36.4 Å². The van der Waals surface area contributed by atoms with E-state index in [2.05, 4.69) is 6.58 Å². The maximum Gasteiger partial charge on any atom is 0.416 e. The number of urea groups is 1. The van der Waals surface area contributed by atoms with Crippen LogP contribution in [0.5, 0.6) is 0 Å². The normalized spacial score (nSPS) is 15.7. The molecule has 2 amide bonds. The highest BCUT2D eigenvalue weighted by atomic mass is 35.5. The summed E-state index contributed by atoms with van der Waals surface area (Å²) in [6.07, 6.45) is -4.48. The molecule has 0 spiro atoms. The first-order valence-electron chi connectivity index (χ1n) is 7.45. The van der Waals surface area contributed by atoms with Crippen LogP contribution in [0.25, 0.3) is 0 Å². The highest BCUT2D eigenvalue weighted by molar-refractivity contribution is 6.34. The largest absolute Gasteiger partial charge is 0.416 e. The van der Waals surface area contributed by atoms with Crippen LogP contribution in [0.15, 0.2) is 60.7 Å². The van der Waals surface area contributed by atoms with Gasteiger partial charge in [-0.15, -0.1) is 0 Å². The second-order valence-corrected chi connectivity index (χ2v) is 6.11. The van der Waals surface area contributed by atoms with Gasteiger partial charge in [0.1, 0.15) is 0 Å². The summed E-state index contributed by atoms with van der Waals surface area (Å²) in [7, 11) is 0. The number of benzene rings is 2. The molecule has 7 heteroatoms. The van der Waals surface area contributed by atoms with Crippen molar-refractivity contribution in [2.45, 2.75) is 6.18 Å². The van der Waals surface area contributed by atoms with Gasteiger partial charge < -0.3 is 0 Å². The predicted molar refractivity (Wildman–Crippen MR) is 92.1 cm³/mol. The molecule has 130 valence electrons. The van der Waals surface area contributed by atoms with Crippen molar-refractivity contribution in [3.63, 3.8) is 0 Å². The quantitative estimate of drug-likeness (QED) is 0.656. The molecule has 25 heavy (non-hydrogen) atoms. The first-order chi connectivity index (χ1) is 11.8. The van der Waals surface area contributed by atoms with Crippen molar-refractivity contribution in [3.8, 4) is 0 Å². The lowest BCUT2D eigenvalue weighted by Crippen LogP contribution is -2.50. The van der Waals surface area contributed by atoms with Gasteiger partial charge in [0.05, 0.1) is 29.4 Å². The number of rotatable bonds is 2. The Labute approximate surface area is 147 Å². The SMILES string of the molecule is C=C1CN(c2cccc(C(F)(F)F)c2)C(=O)N(c2ccccc2Cl)C1. The Kier molecular flexibility index (Phi) is 4.47. The summed E-state index contributed by atoms with van der Waals surface area (Å²) in [6, 6.07) is 11.0. The minimum absolute atomic E-state index is 0.154. The molecule has 0 radical (unpaired) electrons. The third-order valence-corrected chi connectivity index (χ3v) is 4.17. The summed E-state index contributed by atoms with van der Waals surface area (Å²) in [6.45, 7) is 4.32. The minimum atomic E-state index is -4.48. The van der Waals surface area contributed by atoms with Crippen molar-refractivity contribution in [2.24, 2.45) is 0 Å². The molecule has 0 atom stereocenters. The second kappa shape index (κ2) is 6.44. The molecule has 1 saturated heterocycles. The number of anilines is 2. The molecule has 0 unspecified atom stereocenters. The van der Waals surface area contributed by atoms with E-state index in [1.54, 1.807) is 24.3 Å². The molecule has 1 heterocycles. The Balaban J connectivity index is 1.99. The number of carbonyl (C=O) groups excluding carboxylic acids is 1. The van der Waals surface area contributed by atoms with Crippen molar-refractivity contribution in [3.05, 3.63) is 71.3 Å². The third kappa shape index (κ3) is 3.49. The van der Waals surface area contributed by atoms with E-state index < -0.39 is 17.8 Å². The van der Waals surface area contributed by atoms with Crippen LogP contribution in [-0.4, -0.2) is 19.1 Å². The molecule has 0 aliphatic carbocycles. The maximum absolute atomic E-state index is 13.0. The zero-order valence-electron chi connectivity index (χ0n) is 13.1. The molecule has 1 aliphatic heterocycles. The summed E-state index contributed by atoms with van der Waals surface area (Å²) in [5.74, 6) is 0. The lowest BCUT2D eigenvalue weighted by atomic mass is 10.1. The Bertz CT molecular complexity index is 835. The monoisotopic (exact) mass is 366 g/mol. The molecule has 3 nitrogen and oxygen atoms in total. The third-order valence-electron chi connectivity index (χ3n) is 3.85. The van der Waals surface area contributed by atoms with Crippen LogP contribution in [-0.2, 0) is 6.18 Å². The number of hydrogen-bond donors (Lipinski definition) is 0. The van der Waals surface area contributed by atoms with Gasteiger partial charge in [-0.2, -0.15) is 13.2 Å². The van der Waals surface area contributed by atoms with Crippen molar-refractivity contribution in [1.82, 2.24) is 0 Å². The minimum Gasteiger partial charge on any atom is -0.290 e. The van der Waals surface area contributed by atoms with Gasteiger partial charge in [0.2, 0.25) is 0 Å². The summed E-state index contributed by atoms with van der Waals surface area (Å²) in [5.41, 5.74) is 0.542. The molecule has 2 aromatic rings. The van der Waals surface area contributed by atoms with Crippen LogP contribution >= 0.6 is 11.6 Å². The van der Waals surface area contributed by atoms with Crippen LogP contribution in [0.1, 0.15) is 5.56 Å². The average Bonchev–Trinajstić information content (AvgIpc) is 2.57. The summed E-state index contributed by atoms with van der Waals surface area (Å²) in [5, 5.41) is 0.384. The fraction of sp³-hybridized carbons (Fsp3) is 0.167. The highest BCUT2D eigenvalue weighted by Crippen LogP contribution is 2.34. The van der Waals surface area contributed by atoms with Gasteiger partial charge in [0.25, 0.3) is 0 Å². The summed E-state index contributed by atoms with van der Waals surface area (Å²) >= 11 is 6.16. The average molecular weight is 367 g/mol. The maximum atomic E-state index is 13.0. The Morgan fingerprint density at radius 3 is 2.36 bits per heavy atom. The number of carbonyl (C=O) groups is 1. The fourth-order valence-corrected chi connectivity index (χ4v) is 2.93. The molecule has 0 saturated carbocycles. The zero-order valence-corrected chi connectivity index (χ0v) is 13.8. The van der Waals surface area contributed by atoms with Crippen LogP contribution in [0, 0.1) is 0 Å². The first-order valence-corrected chi connectivity index (χ1v) is 7.82. The van der Waals surface area contributed by atoms with E-state index in [0.29, 0.717) is 16.3 Å². The van der Waals surface area contributed by atoms with Gasteiger partial charge in [-0.05, 0) is 35.9 Å². The molecule has 3 rings (SSSR count). The number of halogens is 4. The Morgan fingerprint density at radius 1 is 1.00 bits per heavy atom. The highest BCUT2D eigenvalue weighted by Gasteiger charge is 2.34. The van der Waals surface area contributed by atoms with Gasteiger partial charge in [0, 0.05) is 5.69 Å². The predicted octanol–water partition coefficient (Wildman–Crippen LogP) is 5.36. The number of hydrogen-bond acceptors (Lipinski definition) is 1. The van der Waals surface area contributed by atoms with Gasteiger partial charge in [0.15, 0.2) is 0 Å². The van der Waals surface area contributed by atoms with E-state index in [4.69, 9.17) is 11.6 Å². The smallest absolute Gasteiger partial charge is 0.290 e. The molecule has 0 N–H and O–H groups in total. The van der Waals surface area contributed by atoms with E-state index >= 15 is 0 Å². The Morgan fingerprint density at radius 2 is 1.68 bits per heavy atom. The fourth-order valence-electron chi connectivity index (χ4n) is 2.69. The van der Waals surface area contributed by atoms with Crippen molar-refractivity contribution < 1.29 is 18.0 Å². The molecule has 1 fully saturated rings. The lowest BCUT2D eigenvalue weighted by Gasteiger charge is -2.37. The van der Waals surface area contributed by atoms with Gasteiger partial charge >= 0.3 is 12.2 Å². The second-order valence-electron chi connectivity index (χ2n) is 5.70. The van der Waals surface area contributed by atoms with Gasteiger partial charge in [-0.3, -0.25) is 9.80 Å². The zero-order chi connectivity index (χ0) is 18.2. The van der Waals surface area contributed by atoms with Crippen molar-refractivity contribution >= 4 is 29.0 Å². The molecule has 0 bridgehead atoms. The standard InChI is InChI=1S/C18H14ClF3N2O/c1-12-10-23(14-6-4-5-13(9-14)18(20,21)22)17(25)24(11-12)16-8-3-2-7-15(16)19/h2-9H,1,10-11H2. The number of amides is 2. The van der Waals surface area contributed by atoms with Crippen LogP contribution in [0.3, 0.4) is 0 Å². The van der Waals surface area contributed by atoms with E-state index in [1.165, 1.54) is 21.9 Å². The molecule has 2 aromatic carbocycles. The number of nitrogens with zero attached hydrogens (tertiary/aromatic N) is 2. The number of para-hydroxylation sites is 1. The summed E-state index contributed by atoms with van der Waals surface area (Å²) in [4.78, 5) is 15.5. The van der Waals surface area contributed by atoms with Crippen molar-refractivity contribution in [1.29, 1.82) is 0 Å². The van der Waals surface area contributed by atoms with Crippen LogP contribution < -0.4 is 9.80 Å². The topological polar surface area (TPSA) is 23.6 Å². The van der Waals surface area contributed by atoms with E-state index in [1.807, 2.05) is 0 Å². The molecular formula is C18H14ClF3N2O. The van der Waals surface area contributed by atoms with E-state index in [9.17, 15) is 18.0 Å². The first kappa shape index (κ1) is 17.4. The Hall–Kier alpha value is -2.47. The van der Waals surface area contributed by atoms with Crippen LogP contribution in [0.2, 0.25) is 5.02 Å². The van der Waals surface area contributed by atoms with Gasteiger partial charge in [-0.25, -0.2) is 4.79 Å². The number of alkyl halides is 3. The molecule has 0 aromatic heterocycles. The lowest BCUT2D eigenvalue weighted by molar-refractivity contribution is -0.137.